The normalized spacial score (nSPS) is 15.1. The van der Waals surface area contributed by atoms with E-state index in [9.17, 15) is 5.11 Å². The fourth-order valence-corrected chi connectivity index (χ4v) is 1.98. The van der Waals surface area contributed by atoms with Crippen LogP contribution < -0.4 is 5.32 Å². The van der Waals surface area contributed by atoms with Crippen molar-refractivity contribution in [1.82, 2.24) is 5.32 Å². The van der Waals surface area contributed by atoms with Gasteiger partial charge in [-0.05, 0) is 31.4 Å². The molecule has 2 nitrogen and oxygen atoms in total. The van der Waals surface area contributed by atoms with Crippen LogP contribution in [0.15, 0.2) is 30.3 Å². The first-order chi connectivity index (χ1) is 7.63. The van der Waals surface area contributed by atoms with Gasteiger partial charge in [0, 0.05) is 6.04 Å². The van der Waals surface area contributed by atoms with Crippen molar-refractivity contribution in [2.24, 2.45) is 5.92 Å². The molecule has 90 valence electrons. The van der Waals surface area contributed by atoms with Gasteiger partial charge in [-0.3, -0.25) is 0 Å². The summed E-state index contributed by atoms with van der Waals surface area (Å²) in [6.45, 7) is 4.42. The lowest BCUT2D eigenvalue weighted by atomic mass is 9.96. The van der Waals surface area contributed by atoms with E-state index in [4.69, 9.17) is 0 Å². The topological polar surface area (TPSA) is 32.3 Å². The minimum Gasteiger partial charge on any atom is -0.388 e. The van der Waals surface area contributed by atoms with Crippen molar-refractivity contribution in [3.05, 3.63) is 35.9 Å². The van der Waals surface area contributed by atoms with Gasteiger partial charge in [-0.2, -0.15) is 0 Å². The van der Waals surface area contributed by atoms with Crippen molar-refractivity contribution in [2.75, 3.05) is 7.05 Å². The van der Waals surface area contributed by atoms with Crippen LogP contribution >= 0.6 is 0 Å². The highest BCUT2D eigenvalue weighted by Crippen LogP contribution is 2.20. The van der Waals surface area contributed by atoms with Gasteiger partial charge in [0.2, 0.25) is 0 Å². The molecule has 0 aliphatic carbocycles. The molecule has 2 heteroatoms. The molecule has 0 fully saturated rings. The summed E-state index contributed by atoms with van der Waals surface area (Å²) in [4.78, 5) is 0. The predicted octanol–water partition coefficient (Wildman–Crippen LogP) is 2.74. The Bertz CT molecular complexity index is 284. The molecule has 0 saturated carbocycles. The van der Waals surface area contributed by atoms with Gasteiger partial charge >= 0.3 is 0 Å². The van der Waals surface area contributed by atoms with Gasteiger partial charge in [-0.25, -0.2) is 0 Å². The summed E-state index contributed by atoms with van der Waals surface area (Å²) in [7, 11) is 1.96. The average Bonchev–Trinajstić information content (AvgIpc) is 2.28. The van der Waals surface area contributed by atoms with Crippen molar-refractivity contribution >= 4 is 0 Å². The Morgan fingerprint density at radius 2 is 1.75 bits per heavy atom. The van der Waals surface area contributed by atoms with Crippen LogP contribution in [-0.4, -0.2) is 18.2 Å². The van der Waals surface area contributed by atoms with Gasteiger partial charge < -0.3 is 10.4 Å². The summed E-state index contributed by atoms with van der Waals surface area (Å²) >= 11 is 0. The lowest BCUT2D eigenvalue weighted by molar-refractivity contribution is 0.148. The van der Waals surface area contributed by atoms with Crippen LogP contribution in [0.5, 0.6) is 0 Å². The number of aliphatic hydroxyl groups excluding tert-OH is 1. The minimum absolute atomic E-state index is 0.364. The van der Waals surface area contributed by atoms with Crippen LogP contribution in [0.3, 0.4) is 0 Å². The van der Waals surface area contributed by atoms with Gasteiger partial charge in [0.15, 0.2) is 0 Å². The quantitative estimate of drug-likeness (QED) is 0.774. The van der Waals surface area contributed by atoms with E-state index < -0.39 is 0 Å². The number of nitrogens with one attached hydrogen (secondary N) is 1. The first kappa shape index (κ1) is 13.2. The maximum absolute atomic E-state index is 10.1. The van der Waals surface area contributed by atoms with E-state index in [1.807, 2.05) is 37.4 Å². The van der Waals surface area contributed by atoms with Crippen LogP contribution in [0.2, 0.25) is 0 Å². The molecule has 1 aromatic rings. The van der Waals surface area contributed by atoms with E-state index >= 15 is 0 Å². The van der Waals surface area contributed by atoms with Gasteiger partial charge in [0.25, 0.3) is 0 Å². The van der Waals surface area contributed by atoms with Crippen molar-refractivity contribution in [1.29, 1.82) is 0 Å². The summed E-state index contributed by atoms with van der Waals surface area (Å²) in [5, 5.41) is 13.4. The summed E-state index contributed by atoms with van der Waals surface area (Å²) in [6, 6.07) is 10.2. The first-order valence-corrected chi connectivity index (χ1v) is 6.03. The molecule has 0 aromatic heterocycles. The maximum atomic E-state index is 10.1. The highest BCUT2D eigenvalue weighted by atomic mass is 16.3. The van der Waals surface area contributed by atoms with Crippen molar-refractivity contribution in [3.63, 3.8) is 0 Å². The molecule has 2 atom stereocenters. The Hall–Kier alpha value is -0.860. The Labute approximate surface area is 98.7 Å². The van der Waals surface area contributed by atoms with E-state index in [0.717, 1.165) is 18.4 Å². The number of hydrogen-bond acceptors (Lipinski definition) is 2. The van der Waals surface area contributed by atoms with Crippen LogP contribution in [0, 0.1) is 5.92 Å². The zero-order chi connectivity index (χ0) is 12.0. The Morgan fingerprint density at radius 3 is 2.25 bits per heavy atom. The van der Waals surface area contributed by atoms with E-state index in [1.165, 1.54) is 0 Å². The highest BCUT2D eigenvalue weighted by Gasteiger charge is 2.15. The summed E-state index contributed by atoms with van der Waals surface area (Å²) in [6.07, 6.45) is 1.51. The molecule has 0 radical (unpaired) electrons. The smallest absolute Gasteiger partial charge is 0.0804 e. The van der Waals surface area contributed by atoms with E-state index in [2.05, 4.69) is 19.2 Å². The second-order valence-corrected chi connectivity index (χ2v) is 4.78. The molecule has 0 bridgehead atoms. The lowest BCUT2D eigenvalue weighted by Gasteiger charge is -2.21. The molecule has 1 rings (SSSR count). The predicted molar refractivity (Wildman–Crippen MR) is 68.3 cm³/mol. The minimum atomic E-state index is -0.364. The van der Waals surface area contributed by atoms with E-state index in [1.54, 1.807) is 0 Å². The monoisotopic (exact) mass is 221 g/mol. The molecular weight excluding hydrogens is 198 g/mol. The van der Waals surface area contributed by atoms with Crippen molar-refractivity contribution in [3.8, 4) is 0 Å². The number of benzene rings is 1. The van der Waals surface area contributed by atoms with Crippen LogP contribution in [0.4, 0.5) is 0 Å². The zero-order valence-electron chi connectivity index (χ0n) is 10.5. The standard InChI is InChI=1S/C14H23NO/c1-11(2)9-13(15-3)10-14(16)12-7-5-4-6-8-12/h4-8,11,13-16H,9-10H2,1-3H3/t13-,14-/m0/s1. The SMILES string of the molecule is CN[C@@H](CC(C)C)C[C@H](O)c1ccccc1. The molecule has 0 aliphatic heterocycles. The molecule has 0 saturated heterocycles. The van der Waals surface area contributed by atoms with Crippen LogP contribution in [0.1, 0.15) is 38.4 Å². The second-order valence-electron chi connectivity index (χ2n) is 4.78. The third kappa shape index (κ3) is 4.33. The number of aliphatic hydroxyl groups is 1. The van der Waals surface area contributed by atoms with Crippen LogP contribution in [0.25, 0.3) is 0 Å². The average molecular weight is 221 g/mol. The zero-order valence-corrected chi connectivity index (χ0v) is 10.5. The third-order valence-electron chi connectivity index (χ3n) is 2.86. The molecule has 0 amide bonds. The van der Waals surface area contributed by atoms with Crippen molar-refractivity contribution < 1.29 is 5.11 Å². The highest BCUT2D eigenvalue weighted by molar-refractivity contribution is 5.17. The van der Waals surface area contributed by atoms with Crippen LogP contribution in [-0.2, 0) is 0 Å². The second kappa shape index (κ2) is 6.66. The van der Waals surface area contributed by atoms with Crippen molar-refractivity contribution in [2.45, 2.75) is 38.8 Å². The van der Waals surface area contributed by atoms with Gasteiger partial charge in [-0.15, -0.1) is 0 Å². The van der Waals surface area contributed by atoms with Gasteiger partial charge in [0.05, 0.1) is 6.10 Å². The fourth-order valence-electron chi connectivity index (χ4n) is 1.98. The largest absolute Gasteiger partial charge is 0.388 e. The Balaban J connectivity index is 2.52. The molecule has 0 aliphatic rings. The molecule has 0 heterocycles. The molecular formula is C14H23NO. The summed E-state index contributed by atoms with van der Waals surface area (Å²) in [5.74, 6) is 0.653. The lowest BCUT2D eigenvalue weighted by Crippen LogP contribution is -2.28. The summed E-state index contributed by atoms with van der Waals surface area (Å²) in [5.41, 5.74) is 1.01. The van der Waals surface area contributed by atoms with E-state index in [0.29, 0.717) is 12.0 Å². The number of hydrogen-bond donors (Lipinski definition) is 2. The summed E-state index contributed by atoms with van der Waals surface area (Å²) < 4.78 is 0. The first-order valence-electron chi connectivity index (χ1n) is 6.03. The van der Waals surface area contributed by atoms with Gasteiger partial charge in [-0.1, -0.05) is 44.2 Å². The van der Waals surface area contributed by atoms with E-state index in [-0.39, 0.29) is 6.10 Å². The fraction of sp³-hybridized carbons (Fsp3) is 0.571. The van der Waals surface area contributed by atoms with Gasteiger partial charge in [0.1, 0.15) is 0 Å². The molecule has 0 unspecified atom stereocenters. The molecule has 2 N–H and O–H groups in total. The number of rotatable bonds is 6. The Kier molecular flexibility index (Phi) is 5.50. The molecule has 16 heavy (non-hydrogen) atoms. The maximum Gasteiger partial charge on any atom is 0.0804 e. The Morgan fingerprint density at radius 1 is 1.12 bits per heavy atom. The molecule has 0 spiro atoms. The third-order valence-corrected chi connectivity index (χ3v) is 2.86. The molecule has 1 aromatic carbocycles.